The van der Waals surface area contributed by atoms with E-state index in [2.05, 4.69) is 16.1 Å². The van der Waals surface area contributed by atoms with E-state index in [0.717, 1.165) is 12.8 Å². The number of halogens is 2. The normalized spacial score (nSPS) is 10.7. The Hall–Kier alpha value is -3.03. The lowest BCUT2D eigenvalue weighted by molar-refractivity contribution is -0.136. The Bertz CT molecular complexity index is 1160. The number of hydrogen-bond acceptors (Lipinski definition) is 3. The third kappa shape index (κ3) is 5.18. The second kappa shape index (κ2) is 9.85. The summed E-state index contributed by atoms with van der Waals surface area (Å²) >= 11 is 12.2. The van der Waals surface area contributed by atoms with E-state index < -0.39 is 17.7 Å². The second-order valence-corrected chi connectivity index (χ2v) is 7.83. The number of benzene rings is 2. The van der Waals surface area contributed by atoms with Crippen LogP contribution >= 0.6 is 23.2 Å². The number of hydrogen-bond donors (Lipinski definition) is 3. The highest BCUT2D eigenvalue weighted by atomic mass is 35.5. The van der Waals surface area contributed by atoms with Crippen molar-refractivity contribution >= 4 is 57.5 Å². The molecule has 9 heteroatoms. The maximum Gasteiger partial charge on any atom is 0.328 e. The number of rotatable bonds is 6. The van der Waals surface area contributed by atoms with Gasteiger partial charge >= 0.3 is 11.8 Å². The molecule has 0 aliphatic rings. The zero-order valence-corrected chi connectivity index (χ0v) is 18.6. The van der Waals surface area contributed by atoms with Crippen LogP contribution in [0, 0.1) is 6.92 Å². The number of nitrogens with one attached hydrogen (secondary N) is 3. The van der Waals surface area contributed by atoms with E-state index in [0.29, 0.717) is 38.7 Å². The maximum atomic E-state index is 13.1. The lowest BCUT2D eigenvalue weighted by atomic mass is 10.2. The molecule has 0 bridgehead atoms. The van der Waals surface area contributed by atoms with Gasteiger partial charge in [0.25, 0.3) is 5.91 Å². The van der Waals surface area contributed by atoms with Gasteiger partial charge in [-0.25, -0.2) is 4.68 Å². The van der Waals surface area contributed by atoms with Gasteiger partial charge in [-0.3, -0.25) is 19.8 Å². The number of carbonyl (C=O) groups excluding carboxylic acids is 3. The van der Waals surface area contributed by atoms with Gasteiger partial charge in [0.05, 0.1) is 5.52 Å². The van der Waals surface area contributed by atoms with Gasteiger partial charge in [-0.15, -0.1) is 0 Å². The summed E-state index contributed by atoms with van der Waals surface area (Å²) in [7, 11) is 0. The third-order valence-electron chi connectivity index (χ3n) is 4.75. The van der Waals surface area contributed by atoms with Crippen LogP contribution in [-0.2, 0) is 9.59 Å². The predicted molar refractivity (Wildman–Crippen MR) is 123 cm³/mol. The number of carbonyl (C=O) groups is 3. The van der Waals surface area contributed by atoms with Crippen molar-refractivity contribution in [3.63, 3.8) is 0 Å². The minimum atomic E-state index is -0.878. The van der Waals surface area contributed by atoms with E-state index in [1.54, 1.807) is 49.4 Å². The molecule has 31 heavy (non-hydrogen) atoms. The Morgan fingerprint density at radius 2 is 1.81 bits per heavy atom. The largest absolute Gasteiger partial charge is 0.348 e. The third-order valence-corrected chi connectivity index (χ3v) is 5.39. The molecule has 1 heterocycles. The monoisotopic (exact) mass is 460 g/mol. The van der Waals surface area contributed by atoms with Gasteiger partial charge in [0.15, 0.2) is 0 Å². The van der Waals surface area contributed by atoms with Crippen LogP contribution in [-0.4, -0.2) is 28.9 Å². The molecular formula is C22H22Cl2N4O3. The lowest BCUT2D eigenvalue weighted by Crippen LogP contribution is -2.40. The molecule has 3 aromatic rings. The zero-order chi connectivity index (χ0) is 22.5. The number of unbranched alkanes of at least 4 members (excludes halogenated alkanes) is 1. The van der Waals surface area contributed by atoms with E-state index in [1.807, 2.05) is 6.92 Å². The van der Waals surface area contributed by atoms with Crippen LogP contribution in [0.1, 0.15) is 35.8 Å². The summed E-state index contributed by atoms with van der Waals surface area (Å²) in [6.07, 6.45) is 1.65. The first-order valence-corrected chi connectivity index (χ1v) is 10.5. The highest BCUT2D eigenvalue weighted by Crippen LogP contribution is 2.26. The summed E-state index contributed by atoms with van der Waals surface area (Å²) in [6.45, 7) is 4.16. The van der Waals surface area contributed by atoms with Gasteiger partial charge < -0.3 is 10.6 Å². The molecule has 3 amide bonds. The Balaban J connectivity index is 1.93. The molecule has 2 aromatic carbocycles. The van der Waals surface area contributed by atoms with Crippen molar-refractivity contribution < 1.29 is 14.4 Å². The number of fused-ring (bicyclic) bond motifs is 1. The molecule has 1 aromatic heterocycles. The fraction of sp³-hybridized carbons (Fsp3) is 0.227. The van der Waals surface area contributed by atoms with E-state index in [-0.39, 0.29) is 5.69 Å². The fourth-order valence-corrected chi connectivity index (χ4v) is 3.37. The number of aromatic nitrogens is 1. The molecule has 0 spiro atoms. The Labute approximate surface area is 189 Å². The van der Waals surface area contributed by atoms with Crippen LogP contribution in [0.25, 0.3) is 10.9 Å². The summed E-state index contributed by atoms with van der Waals surface area (Å²) in [5.74, 6) is -2.14. The summed E-state index contributed by atoms with van der Waals surface area (Å²) < 4.78 is 1.28. The van der Waals surface area contributed by atoms with Gasteiger partial charge in [0.1, 0.15) is 5.69 Å². The summed E-state index contributed by atoms with van der Waals surface area (Å²) in [4.78, 5) is 37.6. The standard InChI is InChI=1S/C22H22Cl2N4O3/c1-3-4-10-25-21(30)22(31)27-28-18-9-8-15(23)11-14(18)12-19(28)20(29)26-17-7-5-6-16(24)13(17)2/h5-9,11-12H,3-4,10H2,1-2H3,(H,25,30)(H,26,29)(H,27,31). The van der Waals surface area contributed by atoms with Crippen LogP contribution in [0.4, 0.5) is 5.69 Å². The minimum Gasteiger partial charge on any atom is -0.348 e. The van der Waals surface area contributed by atoms with Gasteiger partial charge in [0.2, 0.25) is 0 Å². The molecule has 0 aliphatic heterocycles. The molecule has 0 saturated carbocycles. The van der Waals surface area contributed by atoms with Crippen molar-refractivity contribution in [2.75, 3.05) is 17.3 Å². The zero-order valence-electron chi connectivity index (χ0n) is 17.1. The van der Waals surface area contributed by atoms with Crippen LogP contribution in [0.2, 0.25) is 10.0 Å². The Morgan fingerprint density at radius 3 is 2.55 bits per heavy atom. The smallest absolute Gasteiger partial charge is 0.328 e. The molecule has 3 rings (SSSR count). The van der Waals surface area contributed by atoms with E-state index in [1.165, 1.54) is 4.68 Å². The Morgan fingerprint density at radius 1 is 1.03 bits per heavy atom. The summed E-state index contributed by atoms with van der Waals surface area (Å²) in [5.41, 5.74) is 4.41. The van der Waals surface area contributed by atoms with Crippen LogP contribution in [0.5, 0.6) is 0 Å². The maximum absolute atomic E-state index is 13.1. The molecule has 0 atom stereocenters. The first-order valence-electron chi connectivity index (χ1n) is 9.78. The summed E-state index contributed by atoms with van der Waals surface area (Å²) in [5, 5.41) is 6.98. The van der Waals surface area contributed by atoms with Gasteiger partial charge in [-0.1, -0.05) is 42.6 Å². The first kappa shape index (κ1) is 22.7. The van der Waals surface area contributed by atoms with Crippen molar-refractivity contribution in [2.24, 2.45) is 0 Å². The molecule has 0 saturated heterocycles. The predicted octanol–water partition coefficient (Wildman–Crippen LogP) is 4.50. The average Bonchev–Trinajstić information content (AvgIpc) is 3.08. The lowest BCUT2D eigenvalue weighted by Gasteiger charge is -2.14. The van der Waals surface area contributed by atoms with Gasteiger partial charge in [-0.05, 0) is 55.3 Å². The Kier molecular flexibility index (Phi) is 7.20. The van der Waals surface area contributed by atoms with Gasteiger partial charge in [-0.2, -0.15) is 0 Å². The molecule has 0 radical (unpaired) electrons. The fourth-order valence-electron chi connectivity index (χ4n) is 3.01. The number of nitrogens with zero attached hydrogens (tertiary/aromatic N) is 1. The minimum absolute atomic E-state index is 0.131. The number of anilines is 1. The molecule has 0 fully saturated rings. The number of amides is 3. The van der Waals surface area contributed by atoms with E-state index >= 15 is 0 Å². The van der Waals surface area contributed by atoms with Crippen molar-refractivity contribution in [1.82, 2.24) is 9.99 Å². The highest BCUT2D eigenvalue weighted by molar-refractivity contribution is 6.38. The average molecular weight is 461 g/mol. The second-order valence-electron chi connectivity index (χ2n) is 6.99. The highest BCUT2D eigenvalue weighted by Gasteiger charge is 2.21. The molecule has 7 nitrogen and oxygen atoms in total. The van der Waals surface area contributed by atoms with Crippen LogP contribution in [0.3, 0.4) is 0 Å². The van der Waals surface area contributed by atoms with Crippen molar-refractivity contribution in [3.8, 4) is 0 Å². The SMILES string of the molecule is CCCCNC(=O)C(=O)Nn1c(C(=O)Nc2cccc(Cl)c2C)cc2cc(Cl)ccc21. The molecule has 0 aliphatic carbocycles. The van der Waals surface area contributed by atoms with Gasteiger partial charge in [0, 0.05) is 27.7 Å². The quantitative estimate of drug-likeness (QED) is 0.373. The topological polar surface area (TPSA) is 92.2 Å². The van der Waals surface area contributed by atoms with E-state index in [4.69, 9.17) is 23.2 Å². The van der Waals surface area contributed by atoms with Crippen molar-refractivity contribution in [1.29, 1.82) is 0 Å². The summed E-state index contributed by atoms with van der Waals surface area (Å²) in [6, 6.07) is 11.7. The van der Waals surface area contributed by atoms with Crippen molar-refractivity contribution in [3.05, 3.63) is 63.8 Å². The molecule has 3 N–H and O–H groups in total. The van der Waals surface area contributed by atoms with Crippen molar-refractivity contribution in [2.45, 2.75) is 26.7 Å². The molecular weight excluding hydrogens is 439 g/mol. The molecule has 162 valence electrons. The first-order chi connectivity index (χ1) is 14.8. The van der Waals surface area contributed by atoms with Crippen LogP contribution in [0.15, 0.2) is 42.5 Å². The molecule has 0 unspecified atom stereocenters. The van der Waals surface area contributed by atoms with Crippen LogP contribution < -0.4 is 16.1 Å². The van der Waals surface area contributed by atoms with E-state index in [9.17, 15) is 14.4 Å².